The molecule has 4 heterocycles. The van der Waals surface area contributed by atoms with Crippen LogP contribution in [0, 0.1) is 11.8 Å². The van der Waals surface area contributed by atoms with Crippen LogP contribution >= 0.6 is 0 Å². The quantitative estimate of drug-likeness (QED) is 0.848. The average Bonchev–Trinajstić information content (AvgIpc) is 2.65. The molecule has 3 aliphatic rings. The third-order valence-corrected chi connectivity index (χ3v) is 6.80. The van der Waals surface area contributed by atoms with Gasteiger partial charge in [-0.2, -0.15) is 0 Å². The Kier molecular flexibility index (Phi) is 5.55. The van der Waals surface area contributed by atoms with Gasteiger partial charge in [0, 0.05) is 44.0 Å². The monoisotopic (exact) mass is 357 g/mol. The van der Waals surface area contributed by atoms with Crippen LogP contribution in [0.5, 0.6) is 0 Å². The van der Waals surface area contributed by atoms with Crippen molar-refractivity contribution in [3.05, 3.63) is 30.1 Å². The lowest BCUT2D eigenvalue weighted by Gasteiger charge is -2.57. The predicted octanol–water partition coefficient (Wildman–Crippen LogP) is 3.01. The Morgan fingerprint density at radius 2 is 1.96 bits per heavy atom. The molecule has 0 aromatic carbocycles. The van der Waals surface area contributed by atoms with E-state index in [9.17, 15) is 4.79 Å². The second kappa shape index (κ2) is 8.05. The second-order valence-corrected chi connectivity index (χ2v) is 8.37. The molecule has 1 aromatic heterocycles. The molecule has 26 heavy (non-hydrogen) atoms. The van der Waals surface area contributed by atoms with Crippen molar-refractivity contribution in [3.8, 4) is 0 Å². The third-order valence-electron chi connectivity index (χ3n) is 6.80. The summed E-state index contributed by atoms with van der Waals surface area (Å²) < 4.78 is 0. The molecule has 1 N–H and O–H groups in total. The number of hydrogen-bond acceptors (Lipinski definition) is 4. The van der Waals surface area contributed by atoms with Gasteiger partial charge in [-0.15, -0.1) is 0 Å². The predicted molar refractivity (Wildman–Crippen MR) is 101 cm³/mol. The van der Waals surface area contributed by atoms with Crippen LogP contribution in [0.3, 0.4) is 0 Å². The molecule has 3 fully saturated rings. The van der Waals surface area contributed by atoms with Crippen LogP contribution in [0.15, 0.2) is 24.5 Å². The normalized spacial score (nSPS) is 32.2. The number of likely N-dealkylation sites (tertiary alicyclic amines) is 1. The van der Waals surface area contributed by atoms with Crippen molar-refractivity contribution in [2.45, 2.75) is 63.6 Å². The number of carboxylic acid groups (broad SMARTS) is 1. The number of hydrogen-bond donors (Lipinski definition) is 1. The zero-order valence-electron chi connectivity index (χ0n) is 15.6. The maximum atomic E-state index is 11.0. The number of nitrogens with zero attached hydrogens (tertiary/aromatic N) is 3. The van der Waals surface area contributed by atoms with Crippen molar-refractivity contribution in [1.29, 1.82) is 0 Å². The molecule has 0 bridgehead atoms. The number of carbonyl (C=O) groups is 1. The zero-order valence-corrected chi connectivity index (χ0v) is 15.6. The molecule has 1 aromatic rings. The van der Waals surface area contributed by atoms with E-state index in [1.165, 1.54) is 44.3 Å². The van der Waals surface area contributed by atoms with Crippen LogP contribution in [-0.4, -0.2) is 57.6 Å². The smallest absolute Gasteiger partial charge is 0.303 e. The van der Waals surface area contributed by atoms with Crippen molar-refractivity contribution in [2.75, 3.05) is 19.6 Å². The number of aliphatic carboxylic acids is 1. The highest BCUT2D eigenvalue weighted by atomic mass is 16.4. The van der Waals surface area contributed by atoms with E-state index in [0.29, 0.717) is 18.4 Å². The SMILES string of the molecule is O=C(O)CCC[C@@H]1[C@H]2CCCN3CCC[C@H](CN1Cc1ccncc1)[C@@H]23. The number of carboxylic acids is 1. The highest BCUT2D eigenvalue weighted by Crippen LogP contribution is 2.43. The molecule has 5 heteroatoms. The molecule has 0 aliphatic carbocycles. The minimum absolute atomic E-state index is 0.296. The van der Waals surface area contributed by atoms with E-state index in [4.69, 9.17) is 5.11 Å². The van der Waals surface area contributed by atoms with Gasteiger partial charge in [0.2, 0.25) is 0 Å². The van der Waals surface area contributed by atoms with Crippen LogP contribution in [0.25, 0.3) is 0 Å². The summed E-state index contributed by atoms with van der Waals surface area (Å²) in [5.41, 5.74) is 1.32. The van der Waals surface area contributed by atoms with Gasteiger partial charge < -0.3 is 5.11 Å². The Morgan fingerprint density at radius 3 is 2.73 bits per heavy atom. The first kappa shape index (κ1) is 17.9. The maximum Gasteiger partial charge on any atom is 0.303 e. The molecule has 3 aliphatic heterocycles. The first-order valence-electron chi connectivity index (χ1n) is 10.3. The molecular weight excluding hydrogens is 326 g/mol. The molecule has 4 atom stereocenters. The number of aromatic nitrogens is 1. The van der Waals surface area contributed by atoms with E-state index >= 15 is 0 Å². The van der Waals surface area contributed by atoms with Gasteiger partial charge in [-0.05, 0) is 81.1 Å². The Morgan fingerprint density at radius 1 is 1.19 bits per heavy atom. The minimum atomic E-state index is -0.665. The molecule has 142 valence electrons. The highest BCUT2D eigenvalue weighted by Gasteiger charge is 2.48. The fraction of sp³-hybridized carbons (Fsp3) is 0.714. The maximum absolute atomic E-state index is 11.0. The van der Waals surface area contributed by atoms with Gasteiger partial charge in [0.25, 0.3) is 0 Å². The zero-order chi connectivity index (χ0) is 17.9. The van der Waals surface area contributed by atoms with Gasteiger partial charge in [-0.1, -0.05) is 0 Å². The number of pyridine rings is 1. The molecule has 5 nitrogen and oxygen atoms in total. The minimum Gasteiger partial charge on any atom is -0.481 e. The number of rotatable bonds is 6. The lowest BCUT2D eigenvalue weighted by Crippen LogP contribution is -2.64. The molecule has 3 saturated heterocycles. The number of piperidine rings is 3. The molecule has 0 saturated carbocycles. The van der Waals surface area contributed by atoms with Crippen LogP contribution in [-0.2, 0) is 11.3 Å². The summed E-state index contributed by atoms with van der Waals surface area (Å²) in [5, 5.41) is 9.08. The van der Waals surface area contributed by atoms with Crippen molar-refractivity contribution in [3.63, 3.8) is 0 Å². The summed E-state index contributed by atoms with van der Waals surface area (Å²) in [4.78, 5) is 20.6. The van der Waals surface area contributed by atoms with Crippen molar-refractivity contribution >= 4 is 5.97 Å². The van der Waals surface area contributed by atoms with Gasteiger partial charge in [0.15, 0.2) is 0 Å². The Hall–Kier alpha value is -1.46. The van der Waals surface area contributed by atoms with E-state index < -0.39 is 5.97 Å². The summed E-state index contributed by atoms with van der Waals surface area (Å²) in [5.74, 6) is 0.826. The average molecular weight is 357 g/mol. The van der Waals surface area contributed by atoms with Crippen LogP contribution in [0.4, 0.5) is 0 Å². The van der Waals surface area contributed by atoms with E-state index in [1.54, 1.807) is 0 Å². The Labute approximate surface area is 156 Å². The summed E-state index contributed by atoms with van der Waals surface area (Å²) in [7, 11) is 0. The molecule has 4 rings (SSSR count). The van der Waals surface area contributed by atoms with E-state index in [-0.39, 0.29) is 0 Å². The fourth-order valence-corrected chi connectivity index (χ4v) is 5.85. The second-order valence-electron chi connectivity index (χ2n) is 8.37. The molecule has 0 unspecified atom stereocenters. The molecule has 0 amide bonds. The highest BCUT2D eigenvalue weighted by molar-refractivity contribution is 5.66. The standard InChI is InChI=1S/C21H31N3O2/c25-20(26)7-1-6-19-18-5-3-13-23-12-2-4-17(21(18)23)15-24(19)14-16-8-10-22-11-9-16/h8-11,17-19,21H,1-7,12-15H2,(H,25,26)/t17-,18-,19-,21+/m1/s1. The van der Waals surface area contributed by atoms with Gasteiger partial charge in [0.05, 0.1) is 0 Å². The summed E-state index contributed by atoms with van der Waals surface area (Å²) in [6.07, 6.45) is 11.2. The van der Waals surface area contributed by atoms with Crippen molar-refractivity contribution < 1.29 is 9.90 Å². The topological polar surface area (TPSA) is 56.7 Å². The first-order valence-corrected chi connectivity index (χ1v) is 10.3. The largest absolute Gasteiger partial charge is 0.481 e. The Bertz CT molecular complexity index is 607. The van der Waals surface area contributed by atoms with Crippen molar-refractivity contribution in [1.82, 2.24) is 14.8 Å². The van der Waals surface area contributed by atoms with Gasteiger partial charge in [0.1, 0.15) is 0 Å². The summed E-state index contributed by atoms with van der Waals surface area (Å²) >= 11 is 0. The van der Waals surface area contributed by atoms with Crippen molar-refractivity contribution in [2.24, 2.45) is 11.8 Å². The van der Waals surface area contributed by atoms with Crippen LogP contribution in [0.1, 0.15) is 50.5 Å². The van der Waals surface area contributed by atoms with Gasteiger partial charge in [-0.25, -0.2) is 0 Å². The van der Waals surface area contributed by atoms with E-state index in [2.05, 4.69) is 26.9 Å². The lowest BCUT2D eigenvalue weighted by molar-refractivity contribution is -0.137. The first-order chi connectivity index (χ1) is 12.7. The van der Waals surface area contributed by atoms with Crippen LogP contribution in [0.2, 0.25) is 0 Å². The van der Waals surface area contributed by atoms with Gasteiger partial charge >= 0.3 is 5.97 Å². The summed E-state index contributed by atoms with van der Waals surface area (Å²) in [6.45, 7) is 4.67. The summed E-state index contributed by atoms with van der Waals surface area (Å²) in [6, 6.07) is 5.49. The van der Waals surface area contributed by atoms with Crippen LogP contribution < -0.4 is 0 Å². The third kappa shape index (κ3) is 3.79. The lowest BCUT2D eigenvalue weighted by atomic mass is 9.69. The molecule has 0 spiro atoms. The molecular formula is C21H31N3O2. The van der Waals surface area contributed by atoms with E-state index in [0.717, 1.165) is 37.9 Å². The van der Waals surface area contributed by atoms with E-state index in [1.807, 2.05) is 12.4 Å². The molecule has 0 radical (unpaired) electrons. The van der Waals surface area contributed by atoms with Gasteiger partial charge in [-0.3, -0.25) is 19.6 Å². The fourth-order valence-electron chi connectivity index (χ4n) is 5.85. The Balaban J connectivity index is 1.54.